The molecule has 0 saturated carbocycles. The van der Waals surface area contributed by atoms with Crippen LogP contribution in [0.15, 0.2) is 24.3 Å². The number of rotatable bonds is 9. The van der Waals surface area contributed by atoms with E-state index in [9.17, 15) is 9.59 Å². The van der Waals surface area contributed by atoms with Gasteiger partial charge in [-0.3, -0.25) is 4.79 Å². The second kappa shape index (κ2) is 9.18. The third-order valence-electron chi connectivity index (χ3n) is 3.39. The van der Waals surface area contributed by atoms with Crippen molar-refractivity contribution in [1.82, 2.24) is 0 Å². The first kappa shape index (κ1) is 19.0. The number of carbonyl (C=O) groups is 2. The first-order valence-corrected chi connectivity index (χ1v) is 7.91. The minimum Gasteiger partial charge on any atom is -0.476 e. The zero-order chi connectivity index (χ0) is 17.3. The molecule has 0 aliphatic heterocycles. The van der Waals surface area contributed by atoms with Crippen molar-refractivity contribution in [2.24, 2.45) is 0 Å². The Morgan fingerprint density at radius 3 is 2.30 bits per heavy atom. The molecule has 0 aliphatic carbocycles. The third kappa shape index (κ3) is 6.72. The maximum atomic E-state index is 11.8. The highest BCUT2D eigenvalue weighted by atomic mass is 16.6. The zero-order valence-corrected chi connectivity index (χ0v) is 14.4. The van der Waals surface area contributed by atoms with Gasteiger partial charge >= 0.3 is 11.9 Å². The highest BCUT2D eigenvalue weighted by Gasteiger charge is 2.31. The number of unbranched alkanes of at least 4 members (excludes halogenated alkanes) is 1. The first-order chi connectivity index (χ1) is 10.9. The van der Waals surface area contributed by atoms with Crippen molar-refractivity contribution in [1.29, 1.82) is 0 Å². The summed E-state index contributed by atoms with van der Waals surface area (Å²) in [5.41, 5.74) is 0.147. The Kier molecular flexibility index (Phi) is 7.59. The molecule has 5 nitrogen and oxygen atoms in total. The number of hydrogen-bond donors (Lipinski definition) is 0. The van der Waals surface area contributed by atoms with E-state index in [4.69, 9.17) is 9.47 Å². The summed E-state index contributed by atoms with van der Waals surface area (Å²) < 4.78 is 15.3. The van der Waals surface area contributed by atoms with Crippen LogP contribution in [0.5, 0.6) is 5.75 Å². The molecule has 0 aliphatic rings. The number of hydrogen-bond acceptors (Lipinski definition) is 5. The van der Waals surface area contributed by atoms with Gasteiger partial charge in [-0.1, -0.05) is 12.1 Å². The molecule has 0 amide bonds. The van der Waals surface area contributed by atoms with Crippen LogP contribution in [0.25, 0.3) is 0 Å². The van der Waals surface area contributed by atoms with Crippen molar-refractivity contribution in [3.63, 3.8) is 0 Å². The molecule has 0 heterocycles. The van der Waals surface area contributed by atoms with Gasteiger partial charge in [-0.15, -0.1) is 0 Å². The van der Waals surface area contributed by atoms with Crippen LogP contribution in [0.4, 0.5) is 0 Å². The van der Waals surface area contributed by atoms with Crippen molar-refractivity contribution in [2.45, 2.75) is 52.1 Å². The van der Waals surface area contributed by atoms with E-state index in [0.717, 1.165) is 24.8 Å². The van der Waals surface area contributed by atoms with E-state index < -0.39 is 5.60 Å². The van der Waals surface area contributed by atoms with E-state index in [1.165, 1.54) is 7.11 Å². The third-order valence-corrected chi connectivity index (χ3v) is 3.39. The Morgan fingerprint density at radius 2 is 1.74 bits per heavy atom. The molecule has 1 rings (SSSR count). The summed E-state index contributed by atoms with van der Waals surface area (Å²) in [5.74, 6) is 0.0724. The van der Waals surface area contributed by atoms with Crippen LogP contribution in [-0.4, -0.2) is 31.3 Å². The van der Waals surface area contributed by atoms with Crippen LogP contribution >= 0.6 is 0 Å². The molecular formula is C18H26O5. The van der Waals surface area contributed by atoms with Crippen LogP contribution < -0.4 is 4.74 Å². The summed E-state index contributed by atoms with van der Waals surface area (Å²) in [6.07, 6.45) is 3.06. The molecule has 0 saturated heterocycles. The van der Waals surface area contributed by atoms with Crippen molar-refractivity contribution in [2.75, 3.05) is 13.7 Å². The number of aryl methyl sites for hydroxylation is 1. The Labute approximate surface area is 137 Å². The van der Waals surface area contributed by atoms with Crippen LogP contribution in [0, 0.1) is 0 Å². The summed E-state index contributed by atoms with van der Waals surface area (Å²) in [6.45, 7) is 5.47. The second-order valence-corrected chi connectivity index (χ2v) is 5.76. The molecule has 1 aromatic rings. The number of methoxy groups -OCH3 is 1. The average molecular weight is 322 g/mol. The van der Waals surface area contributed by atoms with E-state index in [1.54, 1.807) is 20.8 Å². The Morgan fingerprint density at radius 1 is 1.09 bits per heavy atom. The van der Waals surface area contributed by atoms with Crippen LogP contribution in [0.1, 0.15) is 45.6 Å². The van der Waals surface area contributed by atoms with Gasteiger partial charge in [0, 0.05) is 6.42 Å². The number of carbonyl (C=O) groups excluding carboxylic acids is 2. The van der Waals surface area contributed by atoms with Gasteiger partial charge in [-0.2, -0.15) is 0 Å². The average Bonchev–Trinajstić information content (AvgIpc) is 2.52. The fourth-order valence-electron chi connectivity index (χ4n) is 2.07. The Balaban J connectivity index is 2.47. The molecule has 0 fully saturated rings. The quantitative estimate of drug-likeness (QED) is 0.516. The fraction of sp³-hybridized carbons (Fsp3) is 0.556. The molecule has 0 bridgehead atoms. The topological polar surface area (TPSA) is 61.8 Å². The lowest BCUT2D eigenvalue weighted by atomic mass is 10.1. The van der Waals surface area contributed by atoms with Crippen LogP contribution in [0.2, 0.25) is 0 Å². The number of ether oxygens (including phenoxy) is 3. The maximum Gasteiger partial charge on any atom is 0.349 e. The van der Waals surface area contributed by atoms with Gasteiger partial charge in [0.1, 0.15) is 5.75 Å². The molecule has 0 unspecified atom stereocenters. The van der Waals surface area contributed by atoms with Crippen LogP contribution in [0.3, 0.4) is 0 Å². The highest BCUT2D eigenvalue weighted by molar-refractivity contribution is 5.79. The minimum absolute atomic E-state index is 0.171. The normalized spacial score (nSPS) is 11.0. The monoisotopic (exact) mass is 322 g/mol. The molecule has 23 heavy (non-hydrogen) atoms. The summed E-state index contributed by atoms with van der Waals surface area (Å²) in [6, 6.07) is 7.62. The lowest BCUT2D eigenvalue weighted by Gasteiger charge is -2.24. The van der Waals surface area contributed by atoms with Crippen LogP contribution in [-0.2, 0) is 25.5 Å². The molecular weight excluding hydrogens is 296 g/mol. The molecule has 0 atom stereocenters. The van der Waals surface area contributed by atoms with Gasteiger partial charge < -0.3 is 14.2 Å². The maximum absolute atomic E-state index is 11.8. The van der Waals surface area contributed by atoms with Crippen molar-refractivity contribution in [3.05, 3.63) is 29.8 Å². The minimum atomic E-state index is -1.02. The molecule has 1 aromatic carbocycles. The summed E-state index contributed by atoms with van der Waals surface area (Å²) in [7, 11) is 1.40. The first-order valence-electron chi connectivity index (χ1n) is 7.91. The number of esters is 2. The summed E-state index contributed by atoms with van der Waals surface area (Å²) in [4.78, 5) is 22.8. The lowest BCUT2D eigenvalue weighted by Crippen LogP contribution is -2.39. The van der Waals surface area contributed by atoms with E-state index in [2.05, 4.69) is 4.74 Å². The standard InChI is InChI=1S/C18H26O5/c1-5-22-17(20)18(2,3)23-15-12-10-14(11-13-15)8-6-7-9-16(19)21-4/h10-13H,5-9H2,1-4H3. The molecule has 0 spiro atoms. The second-order valence-electron chi connectivity index (χ2n) is 5.76. The molecule has 0 radical (unpaired) electrons. The largest absolute Gasteiger partial charge is 0.476 e. The van der Waals surface area contributed by atoms with Gasteiger partial charge in [0.25, 0.3) is 0 Å². The van der Waals surface area contributed by atoms with Crippen molar-refractivity contribution >= 4 is 11.9 Å². The smallest absolute Gasteiger partial charge is 0.349 e. The lowest BCUT2D eigenvalue weighted by molar-refractivity contribution is -0.158. The summed E-state index contributed by atoms with van der Waals surface area (Å²) >= 11 is 0. The van der Waals surface area contributed by atoms with Gasteiger partial charge in [-0.05, 0) is 57.7 Å². The van der Waals surface area contributed by atoms with E-state index in [1.807, 2.05) is 24.3 Å². The molecule has 0 N–H and O–H groups in total. The Hall–Kier alpha value is -2.04. The fourth-order valence-corrected chi connectivity index (χ4v) is 2.07. The van der Waals surface area contributed by atoms with Gasteiger partial charge in [0.15, 0.2) is 5.60 Å². The predicted molar refractivity (Wildman–Crippen MR) is 87.4 cm³/mol. The van der Waals surface area contributed by atoms with Gasteiger partial charge in [0.05, 0.1) is 13.7 Å². The predicted octanol–water partition coefficient (Wildman–Crippen LogP) is 3.29. The van der Waals surface area contributed by atoms with Crippen molar-refractivity contribution < 1.29 is 23.8 Å². The van der Waals surface area contributed by atoms with Gasteiger partial charge in [-0.25, -0.2) is 4.79 Å². The Bertz CT molecular complexity index is 505. The molecule has 0 aromatic heterocycles. The SMILES string of the molecule is CCOC(=O)C(C)(C)Oc1ccc(CCCCC(=O)OC)cc1. The van der Waals surface area contributed by atoms with E-state index >= 15 is 0 Å². The van der Waals surface area contributed by atoms with E-state index in [-0.39, 0.29) is 11.9 Å². The molecule has 5 heteroatoms. The highest BCUT2D eigenvalue weighted by Crippen LogP contribution is 2.21. The number of benzene rings is 1. The van der Waals surface area contributed by atoms with E-state index in [0.29, 0.717) is 18.8 Å². The zero-order valence-electron chi connectivity index (χ0n) is 14.4. The summed E-state index contributed by atoms with van der Waals surface area (Å²) in [5, 5.41) is 0. The molecule has 128 valence electrons. The van der Waals surface area contributed by atoms with Crippen molar-refractivity contribution in [3.8, 4) is 5.75 Å². The van der Waals surface area contributed by atoms with Gasteiger partial charge in [0.2, 0.25) is 0 Å².